The zero-order valence-corrected chi connectivity index (χ0v) is 22.9. The molecule has 6 heterocycles. The molecule has 3 aromatic heterocycles. The predicted octanol–water partition coefficient (Wildman–Crippen LogP) is -0.519. The van der Waals surface area contributed by atoms with Crippen molar-refractivity contribution in [2.45, 2.75) is 19.6 Å². The van der Waals surface area contributed by atoms with Crippen molar-refractivity contribution >= 4 is 11.9 Å². The van der Waals surface area contributed by atoms with Crippen molar-refractivity contribution < 1.29 is 19.8 Å². The van der Waals surface area contributed by atoms with Gasteiger partial charge in [-0.2, -0.15) is 0 Å². The van der Waals surface area contributed by atoms with Gasteiger partial charge in [0.15, 0.2) is 5.43 Å². The average molecular weight is 566 g/mol. The van der Waals surface area contributed by atoms with Crippen molar-refractivity contribution in [1.29, 1.82) is 0 Å². The lowest BCUT2D eigenvalue weighted by Gasteiger charge is -2.33. The first kappa shape index (κ1) is 28.5. The lowest BCUT2D eigenvalue weighted by Crippen LogP contribution is -2.47. The van der Waals surface area contributed by atoms with Gasteiger partial charge in [0.05, 0.1) is 37.2 Å². The molecule has 218 valence electrons. The Kier molecular flexibility index (Phi) is 9.14. The molecule has 0 atom stereocenters. The predicted molar refractivity (Wildman–Crippen MR) is 148 cm³/mol. The third-order valence-corrected chi connectivity index (χ3v) is 7.39. The minimum Gasteiger partial charge on any atom is -0.480 e. The third-order valence-electron chi connectivity index (χ3n) is 7.39. The summed E-state index contributed by atoms with van der Waals surface area (Å²) in [5.41, 5.74) is 3.47. The van der Waals surface area contributed by atoms with Crippen molar-refractivity contribution in [1.82, 2.24) is 44.6 Å². The first-order valence-electron chi connectivity index (χ1n) is 13.7. The fourth-order valence-electron chi connectivity index (χ4n) is 5.34. The number of aliphatic carboxylic acids is 2. The summed E-state index contributed by atoms with van der Waals surface area (Å²) in [5, 5.41) is 27.5. The molecular formula is C27H35N9O5. The summed E-state index contributed by atoms with van der Waals surface area (Å²) in [6.07, 6.45) is 1.65. The van der Waals surface area contributed by atoms with Crippen LogP contribution in [0.3, 0.4) is 0 Å². The molecule has 0 radical (unpaired) electrons. The van der Waals surface area contributed by atoms with E-state index < -0.39 is 11.9 Å². The zero-order chi connectivity index (χ0) is 28.8. The van der Waals surface area contributed by atoms with Gasteiger partial charge < -0.3 is 15.2 Å². The van der Waals surface area contributed by atoms with Crippen molar-refractivity contribution in [2.24, 2.45) is 0 Å². The molecule has 0 spiro atoms. The van der Waals surface area contributed by atoms with Gasteiger partial charge in [0.2, 0.25) is 0 Å². The monoisotopic (exact) mass is 565 g/mol. The van der Waals surface area contributed by atoms with Crippen LogP contribution in [0.5, 0.6) is 0 Å². The van der Waals surface area contributed by atoms with E-state index in [1.54, 1.807) is 23.0 Å². The number of carboxylic acids is 2. The second-order valence-electron chi connectivity index (χ2n) is 10.5. The van der Waals surface area contributed by atoms with Crippen LogP contribution < -0.4 is 5.43 Å². The molecule has 0 amide bonds. The van der Waals surface area contributed by atoms with Crippen LogP contribution >= 0.6 is 0 Å². The van der Waals surface area contributed by atoms with Gasteiger partial charge in [-0.1, -0.05) is 11.3 Å². The van der Waals surface area contributed by atoms with Crippen LogP contribution in [0.2, 0.25) is 0 Å². The highest BCUT2D eigenvalue weighted by molar-refractivity contribution is 5.69. The van der Waals surface area contributed by atoms with Crippen molar-refractivity contribution in [3.05, 3.63) is 63.8 Å². The van der Waals surface area contributed by atoms with Gasteiger partial charge in [-0.05, 0) is 12.1 Å². The molecule has 0 aliphatic carbocycles. The number of pyridine rings is 2. The van der Waals surface area contributed by atoms with E-state index in [0.29, 0.717) is 94.8 Å². The van der Waals surface area contributed by atoms with Crippen molar-refractivity contribution in [3.8, 4) is 11.4 Å². The summed E-state index contributed by atoms with van der Waals surface area (Å²) < 4.78 is 1.72. The lowest BCUT2D eigenvalue weighted by molar-refractivity contribution is -0.139. The minimum atomic E-state index is -0.887. The second kappa shape index (κ2) is 13.1. The SMILES string of the molecule is O=C(O)CN1CCN2CCN(CC(=O)O)CCN(CC1)Cc1cc(=O)cc([nH]1)Cn1nncc1-c1cccc(n1)C2. The van der Waals surface area contributed by atoms with E-state index in [-0.39, 0.29) is 18.5 Å². The molecule has 14 nitrogen and oxygen atoms in total. The van der Waals surface area contributed by atoms with Crippen LogP contribution in [-0.4, -0.2) is 132 Å². The number of hydrogen-bond acceptors (Lipinski definition) is 10. The Morgan fingerprint density at radius 1 is 0.805 bits per heavy atom. The van der Waals surface area contributed by atoms with Crippen LogP contribution in [0.4, 0.5) is 0 Å². The Morgan fingerprint density at radius 3 is 2.00 bits per heavy atom. The number of hydrogen-bond donors (Lipinski definition) is 3. The quantitative estimate of drug-likeness (QED) is 0.371. The van der Waals surface area contributed by atoms with Crippen LogP contribution in [0, 0.1) is 0 Å². The smallest absolute Gasteiger partial charge is 0.317 e. The second-order valence-corrected chi connectivity index (χ2v) is 10.5. The van der Waals surface area contributed by atoms with E-state index in [2.05, 4.69) is 25.1 Å². The molecule has 3 aliphatic rings. The molecule has 6 bridgehead atoms. The molecule has 41 heavy (non-hydrogen) atoms. The minimum absolute atomic E-state index is 0.0795. The molecular weight excluding hydrogens is 530 g/mol. The van der Waals surface area contributed by atoms with Gasteiger partial charge in [0.25, 0.3) is 0 Å². The highest BCUT2D eigenvalue weighted by atomic mass is 16.4. The van der Waals surface area contributed by atoms with Crippen LogP contribution in [0.15, 0.2) is 41.3 Å². The number of nitrogens with zero attached hydrogens (tertiary/aromatic N) is 8. The number of rotatable bonds is 4. The fourth-order valence-corrected chi connectivity index (χ4v) is 5.34. The molecule has 1 fully saturated rings. The molecule has 0 aromatic carbocycles. The Balaban J connectivity index is 1.57. The summed E-state index contributed by atoms with van der Waals surface area (Å²) in [5.74, 6) is -1.77. The van der Waals surface area contributed by atoms with E-state index in [4.69, 9.17) is 4.98 Å². The highest BCUT2D eigenvalue weighted by Gasteiger charge is 2.21. The van der Waals surface area contributed by atoms with Gasteiger partial charge >= 0.3 is 11.9 Å². The first-order valence-corrected chi connectivity index (χ1v) is 13.7. The van der Waals surface area contributed by atoms with Crippen molar-refractivity contribution in [2.75, 3.05) is 65.4 Å². The number of aromatic nitrogens is 5. The highest BCUT2D eigenvalue weighted by Crippen LogP contribution is 2.18. The Hall–Kier alpha value is -3.98. The zero-order valence-electron chi connectivity index (χ0n) is 22.9. The summed E-state index contributed by atoms with van der Waals surface area (Å²) >= 11 is 0. The molecule has 0 unspecified atom stereocenters. The Bertz CT molecular complexity index is 1390. The number of fused-ring (bicyclic) bond motifs is 8. The molecule has 6 rings (SSSR count). The summed E-state index contributed by atoms with van der Waals surface area (Å²) in [4.78, 5) is 52.5. The van der Waals surface area contributed by atoms with Crippen LogP contribution in [0.1, 0.15) is 17.1 Å². The topological polar surface area (TPSA) is 164 Å². The normalized spacial score (nSPS) is 21.1. The van der Waals surface area contributed by atoms with Crippen LogP contribution in [0.25, 0.3) is 11.4 Å². The molecule has 14 heteroatoms. The maximum atomic E-state index is 12.7. The molecule has 1 saturated heterocycles. The standard InChI is InChI=1S/C27H35N9O5/c37-23-12-21-16-33-6-10-34(18-26(38)39)8-4-32(5-9-35(11-7-33)19-27(40)41)15-20-2-1-3-24(30-20)25-14-28-31-36(25)17-22(13-23)29-21/h1-3,12-14H,4-11,15-19H2,(H,29,37)(H,38,39)(H,40,41). The average Bonchev–Trinajstić information content (AvgIpc) is 3.37. The van der Waals surface area contributed by atoms with E-state index in [0.717, 1.165) is 5.69 Å². The largest absolute Gasteiger partial charge is 0.480 e. The Morgan fingerprint density at radius 2 is 1.39 bits per heavy atom. The molecule has 3 aliphatic heterocycles. The summed E-state index contributed by atoms with van der Waals surface area (Å²) in [7, 11) is 0. The van der Waals surface area contributed by atoms with Crippen molar-refractivity contribution in [3.63, 3.8) is 0 Å². The van der Waals surface area contributed by atoms with Gasteiger partial charge in [0, 0.05) is 89.0 Å². The number of carboxylic acid groups (broad SMARTS) is 2. The summed E-state index contributed by atoms with van der Waals surface area (Å²) in [6, 6.07) is 8.86. The Labute approximate surface area is 236 Å². The van der Waals surface area contributed by atoms with E-state index in [9.17, 15) is 24.6 Å². The third kappa shape index (κ3) is 8.04. The fraction of sp³-hybridized carbons (Fsp3) is 0.481. The number of aromatic amines is 1. The molecule has 3 aromatic rings. The number of H-pyrrole nitrogens is 1. The summed E-state index contributed by atoms with van der Waals surface area (Å²) in [6.45, 7) is 5.45. The number of nitrogens with one attached hydrogen (secondary N) is 1. The van der Waals surface area contributed by atoms with E-state index >= 15 is 0 Å². The maximum absolute atomic E-state index is 12.7. The van der Waals surface area contributed by atoms with Gasteiger partial charge in [0.1, 0.15) is 5.69 Å². The first-order chi connectivity index (χ1) is 19.8. The maximum Gasteiger partial charge on any atom is 0.317 e. The number of carbonyl (C=O) groups is 2. The van der Waals surface area contributed by atoms with Gasteiger partial charge in [-0.15, -0.1) is 5.10 Å². The van der Waals surface area contributed by atoms with Gasteiger partial charge in [-0.3, -0.25) is 34.0 Å². The molecule has 3 N–H and O–H groups in total. The van der Waals surface area contributed by atoms with Crippen LogP contribution in [-0.2, 0) is 29.2 Å². The molecule has 0 saturated carbocycles. The lowest BCUT2D eigenvalue weighted by atomic mass is 10.2. The van der Waals surface area contributed by atoms with E-state index in [1.165, 1.54) is 0 Å². The van der Waals surface area contributed by atoms with Gasteiger partial charge in [-0.25, -0.2) is 9.67 Å². The van der Waals surface area contributed by atoms with E-state index in [1.807, 2.05) is 28.0 Å².